The number of aromatic nitrogens is 1. The summed E-state index contributed by atoms with van der Waals surface area (Å²) in [5.74, 6) is 1.46. The van der Waals surface area contributed by atoms with E-state index in [9.17, 15) is 0 Å². The van der Waals surface area contributed by atoms with Crippen molar-refractivity contribution in [3.8, 4) is 5.75 Å². The van der Waals surface area contributed by atoms with Crippen LogP contribution in [0.3, 0.4) is 0 Å². The summed E-state index contributed by atoms with van der Waals surface area (Å²) < 4.78 is 5.86. The van der Waals surface area contributed by atoms with Gasteiger partial charge in [0, 0.05) is 29.9 Å². The van der Waals surface area contributed by atoms with Crippen molar-refractivity contribution in [2.24, 2.45) is 0 Å². The standard InChI is InChI=1S/C18H22N2O/c1-2-9-20-17(12-14-7-10-19-11-8-14)16-13-21-18-6-4-3-5-15(16)18/h3-8,10-11,16-17,20H,2,9,12-13H2,1H3. The average molecular weight is 282 g/mol. The molecule has 0 radical (unpaired) electrons. The monoisotopic (exact) mass is 282 g/mol. The van der Waals surface area contributed by atoms with Crippen LogP contribution in [-0.2, 0) is 6.42 Å². The molecule has 1 aromatic heterocycles. The van der Waals surface area contributed by atoms with Crippen molar-refractivity contribution >= 4 is 0 Å². The zero-order valence-electron chi connectivity index (χ0n) is 12.5. The lowest BCUT2D eigenvalue weighted by molar-refractivity contribution is 0.296. The Morgan fingerprint density at radius 3 is 2.86 bits per heavy atom. The number of hydrogen-bond acceptors (Lipinski definition) is 3. The van der Waals surface area contributed by atoms with Crippen molar-refractivity contribution in [1.82, 2.24) is 10.3 Å². The van der Waals surface area contributed by atoms with E-state index < -0.39 is 0 Å². The molecule has 0 spiro atoms. The number of benzene rings is 1. The molecule has 3 nitrogen and oxygen atoms in total. The molecular formula is C18H22N2O. The quantitative estimate of drug-likeness (QED) is 0.883. The van der Waals surface area contributed by atoms with Crippen molar-refractivity contribution in [2.75, 3.05) is 13.2 Å². The van der Waals surface area contributed by atoms with Crippen molar-refractivity contribution in [3.05, 3.63) is 59.9 Å². The Kier molecular flexibility index (Phi) is 4.51. The molecule has 0 amide bonds. The molecule has 2 unspecified atom stereocenters. The van der Waals surface area contributed by atoms with Gasteiger partial charge in [-0.3, -0.25) is 4.98 Å². The number of fused-ring (bicyclic) bond motifs is 1. The van der Waals surface area contributed by atoms with Crippen LogP contribution < -0.4 is 10.1 Å². The Hall–Kier alpha value is -1.87. The molecule has 1 aliphatic rings. The summed E-state index contributed by atoms with van der Waals surface area (Å²) in [6, 6.07) is 13.0. The lowest BCUT2D eigenvalue weighted by Gasteiger charge is -2.24. The summed E-state index contributed by atoms with van der Waals surface area (Å²) >= 11 is 0. The van der Waals surface area contributed by atoms with Gasteiger partial charge in [-0.2, -0.15) is 0 Å². The summed E-state index contributed by atoms with van der Waals surface area (Å²) in [7, 11) is 0. The molecule has 0 saturated carbocycles. The van der Waals surface area contributed by atoms with Gasteiger partial charge < -0.3 is 10.1 Å². The highest BCUT2D eigenvalue weighted by Crippen LogP contribution is 2.36. The van der Waals surface area contributed by atoms with Crippen molar-refractivity contribution in [1.29, 1.82) is 0 Å². The summed E-state index contributed by atoms with van der Waals surface area (Å²) in [5.41, 5.74) is 2.66. The van der Waals surface area contributed by atoms with E-state index in [0.29, 0.717) is 12.0 Å². The molecule has 2 heterocycles. The highest BCUT2D eigenvalue weighted by molar-refractivity contribution is 5.41. The van der Waals surface area contributed by atoms with Gasteiger partial charge in [-0.25, -0.2) is 0 Å². The van der Waals surface area contributed by atoms with E-state index in [0.717, 1.165) is 31.7 Å². The first-order valence-corrected chi connectivity index (χ1v) is 7.72. The Morgan fingerprint density at radius 2 is 2.05 bits per heavy atom. The maximum Gasteiger partial charge on any atom is 0.122 e. The van der Waals surface area contributed by atoms with Gasteiger partial charge in [0.05, 0.1) is 6.61 Å². The average Bonchev–Trinajstić information content (AvgIpc) is 2.96. The van der Waals surface area contributed by atoms with Crippen LogP contribution in [0, 0.1) is 0 Å². The second-order valence-electron chi connectivity index (χ2n) is 5.58. The zero-order valence-corrected chi connectivity index (χ0v) is 12.5. The van der Waals surface area contributed by atoms with E-state index >= 15 is 0 Å². The largest absolute Gasteiger partial charge is 0.493 e. The Morgan fingerprint density at radius 1 is 1.24 bits per heavy atom. The molecule has 1 N–H and O–H groups in total. The number of hydrogen-bond donors (Lipinski definition) is 1. The maximum absolute atomic E-state index is 5.86. The minimum atomic E-state index is 0.399. The van der Waals surface area contributed by atoms with Crippen LogP contribution in [0.4, 0.5) is 0 Å². The molecule has 1 aliphatic heterocycles. The molecule has 0 fully saturated rings. The summed E-state index contributed by atoms with van der Waals surface area (Å²) in [6.45, 7) is 4.01. The molecular weight excluding hydrogens is 260 g/mol. The third-order valence-corrected chi connectivity index (χ3v) is 4.08. The van der Waals surface area contributed by atoms with Crippen LogP contribution in [0.5, 0.6) is 5.75 Å². The number of rotatable bonds is 6. The minimum Gasteiger partial charge on any atom is -0.493 e. The molecule has 110 valence electrons. The normalized spacial score (nSPS) is 18.0. The highest BCUT2D eigenvalue weighted by Gasteiger charge is 2.30. The Balaban J connectivity index is 1.80. The van der Waals surface area contributed by atoms with Gasteiger partial charge in [-0.1, -0.05) is 25.1 Å². The van der Waals surface area contributed by atoms with E-state index in [-0.39, 0.29) is 0 Å². The summed E-state index contributed by atoms with van der Waals surface area (Å²) in [5, 5.41) is 3.70. The SMILES string of the molecule is CCCNC(Cc1ccncc1)C1COc2ccccc21. The van der Waals surface area contributed by atoms with E-state index in [2.05, 4.69) is 47.6 Å². The molecule has 0 saturated heterocycles. The second-order valence-corrected chi connectivity index (χ2v) is 5.58. The van der Waals surface area contributed by atoms with Gasteiger partial charge in [0.25, 0.3) is 0 Å². The molecule has 0 aliphatic carbocycles. The molecule has 2 atom stereocenters. The fraction of sp³-hybridized carbons (Fsp3) is 0.389. The summed E-state index contributed by atoms with van der Waals surface area (Å²) in [4.78, 5) is 4.10. The second kappa shape index (κ2) is 6.72. The molecule has 3 rings (SSSR count). The van der Waals surface area contributed by atoms with Gasteiger partial charge >= 0.3 is 0 Å². The predicted octanol–water partition coefficient (Wildman–Crippen LogP) is 3.17. The van der Waals surface area contributed by atoms with Gasteiger partial charge in [0.15, 0.2) is 0 Å². The fourth-order valence-corrected chi connectivity index (χ4v) is 2.98. The topological polar surface area (TPSA) is 34.2 Å². The van der Waals surface area contributed by atoms with Crippen LogP contribution in [-0.4, -0.2) is 24.2 Å². The lowest BCUT2D eigenvalue weighted by Crippen LogP contribution is -2.38. The van der Waals surface area contributed by atoms with Crippen molar-refractivity contribution in [3.63, 3.8) is 0 Å². The van der Waals surface area contributed by atoms with Crippen LogP contribution in [0.15, 0.2) is 48.8 Å². The van der Waals surface area contributed by atoms with Gasteiger partial charge in [0.2, 0.25) is 0 Å². The first-order chi connectivity index (χ1) is 10.4. The van der Waals surface area contributed by atoms with Crippen LogP contribution in [0.1, 0.15) is 30.4 Å². The molecule has 3 heteroatoms. The smallest absolute Gasteiger partial charge is 0.122 e. The molecule has 1 aromatic carbocycles. The number of para-hydroxylation sites is 1. The van der Waals surface area contributed by atoms with Crippen molar-refractivity contribution in [2.45, 2.75) is 31.7 Å². The van der Waals surface area contributed by atoms with Crippen LogP contribution in [0.2, 0.25) is 0 Å². The number of ether oxygens (including phenoxy) is 1. The molecule has 21 heavy (non-hydrogen) atoms. The van der Waals surface area contributed by atoms with Gasteiger partial charge in [0.1, 0.15) is 5.75 Å². The van der Waals surface area contributed by atoms with Crippen LogP contribution >= 0.6 is 0 Å². The minimum absolute atomic E-state index is 0.399. The Labute approximate surface area is 126 Å². The van der Waals surface area contributed by atoms with Gasteiger partial charge in [-0.15, -0.1) is 0 Å². The van der Waals surface area contributed by atoms with E-state index in [4.69, 9.17) is 4.74 Å². The number of nitrogens with zero attached hydrogens (tertiary/aromatic N) is 1. The van der Waals surface area contributed by atoms with E-state index in [1.807, 2.05) is 18.5 Å². The number of nitrogens with one attached hydrogen (secondary N) is 1. The van der Waals surface area contributed by atoms with E-state index in [1.165, 1.54) is 11.1 Å². The Bertz CT molecular complexity index is 570. The van der Waals surface area contributed by atoms with Gasteiger partial charge in [-0.05, 0) is 43.1 Å². The third-order valence-electron chi connectivity index (χ3n) is 4.08. The number of pyridine rings is 1. The van der Waals surface area contributed by atoms with Crippen LogP contribution in [0.25, 0.3) is 0 Å². The lowest BCUT2D eigenvalue weighted by atomic mass is 9.89. The maximum atomic E-state index is 5.86. The molecule has 2 aromatic rings. The van der Waals surface area contributed by atoms with E-state index in [1.54, 1.807) is 0 Å². The predicted molar refractivity (Wildman–Crippen MR) is 84.7 cm³/mol. The highest BCUT2D eigenvalue weighted by atomic mass is 16.5. The summed E-state index contributed by atoms with van der Waals surface area (Å²) in [6.07, 6.45) is 5.88. The third kappa shape index (κ3) is 3.24. The molecule has 0 bridgehead atoms. The fourth-order valence-electron chi connectivity index (χ4n) is 2.98. The van der Waals surface area contributed by atoms with Crippen molar-refractivity contribution < 1.29 is 4.74 Å². The zero-order chi connectivity index (χ0) is 14.5. The first-order valence-electron chi connectivity index (χ1n) is 7.72. The first kappa shape index (κ1) is 14.1.